The molecule has 4 N–H and O–H groups in total. The molecule has 1 unspecified atom stereocenters. The van der Waals surface area contributed by atoms with Crippen LogP contribution in [0, 0.1) is 5.82 Å². The maximum atomic E-state index is 13.1. The summed E-state index contributed by atoms with van der Waals surface area (Å²) in [6, 6.07) is 5.98. The maximum absolute atomic E-state index is 13.1. The molecule has 10 heteroatoms. The van der Waals surface area contributed by atoms with E-state index in [1.807, 2.05) is 6.92 Å². The molecule has 1 aliphatic rings. The third kappa shape index (κ3) is 3.20. The van der Waals surface area contributed by atoms with Gasteiger partial charge in [0.15, 0.2) is 23.2 Å². The number of hydrogen-bond donors (Lipinski definition) is 4. The van der Waals surface area contributed by atoms with Crippen LogP contribution in [0.1, 0.15) is 24.8 Å². The minimum absolute atomic E-state index is 0.169. The molecule has 148 valence electrons. The molecule has 2 aromatic heterocycles. The minimum Gasteiger partial charge on any atom is -0.394 e. The van der Waals surface area contributed by atoms with Gasteiger partial charge < -0.3 is 25.4 Å². The summed E-state index contributed by atoms with van der Waals surface area (Å²) in [4.78, 5) is 12.8. The van der Waals surface area contributed by atoms with E-state index in [9.17, 15) is 19.7 Å². The summed E-state index contributed by atoms with van der Waals surface area (Å²) in [5.41, 5.74) is 1.73. The number of nitrogens with one attached hydrogen (secondary N) is 1. The van der Waals surface area contributed by atoms with Crippen molar-refractivity contribution in [2.24, 2.45) is 0 Å². The van der Waals surface area contributed by atoms with Crippen LogP contribution in [0.5, 0.6) is 0 Å². The summed E-state index contributed by atoms with van der Waals surface area (Å²) >= 11 is 0. The van der Waals surface area contributed by atoms with E-state index in [2.05, 4.69) is 20.3 Å². The lowest BCUT2D eigenvalue weighted by molar-refractivity contribution is -0.0511. The Morgan fingerprint density at radius 1 is 1.18 bits per heavy atom. The fraction of sp³-hybridized carbons (Fsp3) is 0.389. The number of imidazole rings is 1. The zero-order chi connectivity index (χ0) is 19.8. The first-order chi connectivity index (χ1) is 13.5. The lowest BCUT2D eigenvalue weighted by Crippen LogP contribution is -2.33. The summed E-state index contributed by atoms with van der Waals surface area (Å²) in [6.07, 6.45) is -1.50. The number of fused-ring (bicyclic) bond motifs is 1. The molecule has 0 radical (unpaired) electrons. The van der Waals surface area contributed by atoms with Crippen molar-refractivity contribution in [2.45, 2.75) is 37.5 Å². The van der Waals surface area contributed by atoms with Gasteiger partial charge in [0.05, 0.1) is 19.0 Å². The van der Waals surface area contributed by atoms with Gasteiger partial charge in [-0.2, -0.15) is 0 Å². The van der Waals surface area contributed by atoms with Gasteiger partial charge in [0.25, 0.3) is 0 Å². The smallest absolute Gasteiger partial charge is 0.167 e. The van der Waals surface area contributed by atoms with Crippen molar-refractivity contribution in [1.29, 1.82) is 0 Å². The van der Waals surface area contributed by atoms with Gasteiger partial charge in [0.1, 0.15) is 30.5 Å². The summed E-state index contributed by atoms with van der Waals surface area (Å²) in [6.45, 7) is 1.49. The Labute approximate surface area is 159 Å². The predicted molar refractivity (Wildman–Crippen MR) is 96.8 cm³/mol. The molecule has 0 saturated carbocycles. The van der Waals surface area contributed by atoms with Gasteiger partial charge in [-0.3, -0.25) is 4.57 Å². The highest BCUT2D eigenvalue weighted by Gasteiger charge is 2.44. The number of hydrogen-bond acceptors (Lipinski definition) is 8. The topological polar surface area (TPSA) is 126 Å². The second-order valence-corrected chi connectivity index (χ2v) is 6.69. The number of nitrogens with zero attached hydrogens (tertiary/aromatic N) is 4. The van der Waals surface area contributed by atoms with Gasteiger partial charge in [0.2, 0.25) is 0 Å². The number of rotatable bonds is 5. The molecule has 0 bridgehead atoms. The van der Waals surface area contributed by atoms with Crippen LogP contribution in [0.4, 0.5) is 10.2 Å². The summed E-state index contributed by atoms with van der Waals surface area (Å²) < 4.78 is 20.2. The first kappa shape index (κ1) is 18.7. The van der Waals surface area contributed by atoms with Crippen molar-refractivity contribution in [3.63, 3.8) is 0 Å². The Morgan fingerprint density at radius 2 is 1.93 bits per heavy atom. The normalized spacial score (nSPS) is 25.9. The van der Waals surface area contributed by atoms with Gasteiger partial charge in [0, 0.05) is 0 Å². The highest BCUT2D eigenvalue weighted by atomic mass is 19.1. The number of anilines is 1. The molecule has 3 aromatic rings. The van der Waals surface area contributed by atoms with Crippen molar-refractivity contribution < 1.29 is 24.4 Å². The summed E-state index contributed by atoms with van der Waals surface area (Å²) in [5.74, 6) is 0.157. The number of aliphatic hydroxyl groups excluding tert-OH is 3. The van der Waals surface area contributed by atoms with Crippen LogP contribution in [0.15, 0.2) is 36.9 Å². The Balaban J connectivity index is 1.63. The first-order valence-electron chi connectivity index (χ1n) is 8.81. The lowest BCUT2D eigenvalue weighted by Gasteiger charge is -2.17. The van der Waals surface area contributed by atoms with E-state index in [-0.39, 0.29) is 11.9 Å². The molecule has 4 rings (SSSR count). The van der Waals surface area contributed by atoms with E-state index in [0.29, 0.717) is 17.0 Å². The first-order valence-corrected chi connectivity index (χ1v) is 8.81. The Morgan fingerprint density at radius 3 is 2.61 bits per heavy atom. The Bertz CT molecular complexity index is 966. The zero-order valence-corrected chi connectivity index (χ0v) is 15.0. The SMILES string of the molecule is C[C@H](Nc1ncnc2c1ncn2[C@@H]1O[C@H](CO)C(O)[C@@H]1O)c1ccc(F)cc1. The molecule has 1 saturated heterocycles. The standard InChI is InChI=1S/C18H20FN5O4/c1-9(10-2-4-11(19)5-3-10)23-16-13-17(21-7-20-16)24(8-22-13)18-15(27)14(26)12(6-25)28-18/h2-5,7-9,12,14-15,18,25-27H,6H2,1H3,(H,20,21,23)/t9-,12+,14?,15-,18+/m0/s1. The third-order valence-corrected chi connectivity index (χ3v) is 4.87. The highest BCUT2D eigenvalue weighted by molar-refractivity contribution is 5.82. The third-order valence-electron chi connectivity index (χ3n) is 4.87. The average molecular weight is 389 g/mol. The molecular formula is C18H20FN5O4. The lowest BCUT2D eigenvalue weighted by atomic mass is 10.1. The van der Waals surface area contributed by atoms with Crippen LogP contribution in [-0.2, 0) is 4.74 Å². The van der Waals surface area contributed by atoms with Crippen LogP contribution in [0.2, 0.25) is 0 Å². The molecule has 1 fully saturated rings. The second-order valence-electron chi connectivity index (χ2n) is 6.69. The largest absolute Gasteiger partial charge is 0.394 e. The van der Waals surface area contributed by atoms with Gasteiger partial charge in [-0.1, -0.05) is 12.1 Å². The molecule has 1 aliphatic heterocycles. The zero-order valence-electron chi connectivity index (χ0n) is 15.0. The highest BCUT2D eigenvalue weighted by Crippen LogP contribution is 2.32. The van der Waals surface area contributed by atoms with Crippen molar-refractivity contribution in [2.75, 3.05) is 11.9 Å². The minimum atomic E-state index is -1.24. The van der Waals surface area contributed by atoms with Crippen molar-refractivity contribution >= 4 is 17.0 Å². The fourth-order valence-electron chi connectivity index (χ4n) is 3.29. The molecule has 1 aromatic carbocycles. The van der Waals surface area contributed by atoms with Gasteiger partial charge in [-0.25, -0.2) is 19.3 Å². The number of ether oxygens (including phenoxy) is 1. The monoisotopic (exact) mass is 389 g/mol. The van der Waals surface area contributed by atoms with Crippen molar-refractivity contribution in [3.05, 3.63) is 48.3 Å². The maximum Gasteiger partial charge on any atom is 0.167 e. The molecule has 0 aliphatic carbocycles. The Kier molecular flexibility index (Phi) is 4.94. The van der Waals surface area contributed by atoms with Crippen molar-refractivity contribution in [1.82, 2.24) is 19.5 Å². The molecule has 0 spiro atoms. The molecule has 9 nitrogen and oxygen atoms in total. The van der Waals surface area contributed by atoms with Gasteiger partial charge >= 0.3 is 0 Å². The van der Waals surface area contributed by atoms with Crippen LogP contribution in [0.25, 0.3) is 11.2 Å². The molecule has 0 amide bonds. The molecule has 5 atom stereocenters. The summed E-state index contributed by atoms with van der Waals surface area (Å²) in [7, 11) is 0. The van der Waals surface area contributed by atoms with Crippen LogP contribution in [0.3, 0.4) is 0 Å². The fourth-order valence-corrected chi connectivity index (χ4v) is 3.29. The van der Waals surface area contributed by atoms with E-state index < -0.39 is 31.1 Å². The molecular weight excluding hydrogens is 369 g/mol. The van der Waals surface area contributed by atoms with Crippen LogP contribution < -0.4 is 5.32 Å². The van der Waals surface area contributed by atoms with E-state index in [4.69, 9.17) is 4.74 Å². The molecule has 28 heavy (non-hydrogen) atoms. The second kappa shape index (κ2) is 7.40. The molecule has 3 heterocycles. The number of benzene rings is 1. The number of aromatic nitrogens is 4. The van der Waals surface area contributed by atoms with E-state index >= 15 is 0 Å². The number of aliphatic hydroxyl groups is 3. The van der Waals surface area contributed by atoms with Gasteiger partial charge in [-0.15, -0.1) is 0 Å². The average Bonchev–Trinajstić information content (AvgIpc) is 3.24. The van der Waals surface area contributed by atoms with Crippen LogP contribution in [-0.4, -0.2) is 59.8 Å². The number of halogens is 1. The van der Waals surface area contributed by atoms with E-state index in [1.54, 1.807) is 12.1 Å². The van der Waals surface area contributed by atoms with Crippen molar-refractivity contribution in [3.8, 4) is 0 Å². The Hall–Kier alpha value is -2.66. The van der Waals surface area contributed by atoms with E-state index in [0.717, 1.165) is 5.56 Å². The van der Waals surface area contributed by atoms with Gasteiger partial charge in [-0.05, 0) is 24.6 Å². The van der Waals surface area contributed by atoms with E-state index in [1.165, 1.54) is 29.4 Å². The summed E-state index contributed by atoms with van der Waals surface area (Å²) in [5, 5.41) is 32.7. The predicted octanol–water partition coefficient (Wildman–Crippen LogP) is 0.750. The quantitative estimate of drug-likeness (QED) is 0.504. The van der Waals surface area contributed by atoms with Crippen LogP contribution >= 0.6 is 0 Å².